The van der Waals surface area contributed by atoms with E-state index in [-0.39, 0.29) is 5.82 Å². The van der Waals surface area contributed by atoms with Gasteiger partial charge in [0.15, 0.2) is 0 Å². The summed E-state index contributed by atoms with van der Waals surface area (Å²) < 4.78 is 29.2. The molecule has 3 aromatic heterocycles. The number of fused-ring (bicyclic) bond motifs is 1. The van der Waals surface area contributed by atoms with Crippen molar-refractivity contribution in [3.05, 3.63) is 78.0 Å². The maximum absolute atomic E-state index is 13.4. The number of aryl methyl sites for hydroxylation is 1. The van der Waals surface area contributed by atoms with Crippen molar-refractivity contribution in [3.63, 3.8) is 0 Å². The number of halogens is 1. The van der Waals surface area contributed by atoms with Crippen LogP contribution >= 0.6 is 0 Å². The van der Waals surface area contributed by atoms with Crippen molar-refractivity contribution in [2.45, 2.75) is 19.8 Å². The van der Waals surface area contributed by atoms with E-state index in [4.69, 9.17) is 9.97 Å². The van der Waals surface area contributed by atoms with Crippen LogP contribution in [0, 0.1) is 5.82 Å². The zero-order valence-electron chi connectivity index (χ0n) is 20.0. The van der Waals surface area contributed by atoms with Gasteiger partial charge in [0, 0.05) is 42.9 Å². The molecule has 180 valence electrons. The van der Waals surface area contributed by atoms with E-state index in [2.05, 4.69) is 34.6 Å². The zero-order chi connectivity index (χ0) is 24.5. The summed E-state index contributed by atoms with van der Waals surface area (Å²) in [6.07, 6.45) is 9.30. The van der Waals surface area contributed by atoms with Gasteiger partial charge in [-0.25, -0.2) is 19.3 Å². The summed E-state index contributed by atoms with van der Waals surface area (Å²) in [5.74, 6) is 1.16. The maximum Gasteiger partial charge on any atom is 0.231 e. The molecule has 1 atom stereocenters. The van der Waals surface area contributed by atoms with Crippen LogP contribution in [0.5, 0.6) is 0 Å². The number of aromatic nitrogens is 4. The highest BCUT2D eigenvalue weighted by atomic mass is 32.2. The van der Waals surface area contributed by atoms with Gasteiger partial charge in [0.25, 0.3) is 0 Å². The highest BCUT2D eigenvalue weighted by Crippen LogP contribution is 2.31. The Labute approximate surface area is 207 Å². The Hall–Kier alpha value is -3.27. The number of pyridine rings is 1. The molecule has 1 aromatic carbocycles. The van der Waals surface area contributed by atoms with Crippen LogP contribution < -0.4 is 4.90 Å². The number of imidazole rings is 1. The minimum Gasteiger partial charge on any atom is -0.598 e. The van der Waals surface area contributed by atoms with Gasteiger partial charge < -0.3 is 4.55 Å². The van der Waals surface area contributed by atoms with E-state index in [1.807, 2.05) is 28.4 Å². The van der Waals surface area contributed by atoms with Crippen LogP contribution in [-0.2, 0) is 17.8 Å². The van der Waals surface area contributed by atoms with Crippen LogP contribution in [0.2, 0.25) is 0 Å². The summed E-state index contributed by atoms with van der Waals surface area (Å²) in [7, 11) is 1.94. The first-order chi connectivity index (χ1) is 16.9. The first-order valence-electron chi connectivity index (χ1n) is 11.6. The van der Waals surface area contributed by atoms with Crippen molar-refractivity contribution in [2.75, 3.05) is 31.3 Å². The maximum atomic E-state index is 13.4. The molecule has 5 rings (SSSR count). The number of rotatable bonds is 6. The third-order valence-electron chi connectivity index (χ3n) is 6.30. The molecule has 4 heterocycles. The van der Waals surface area contributed by atoms with Gasteiger partial charge in [0.1, 0.15) is 23.5 Å². The standard InChI is InChI=1S/C26H27FN6OS/c1-4-22-25(31(2)26-28-14-11-23(30-26)19-5-8-21(27)9-6-19)33-17-20(7-10-24(33)29-22)18-12-15-32(16-13-18)35(3)34/h5-12,14,17H,4,13,15-16H2,1-3H3. The van der Waals surface area contributed by atoms with E-state index < -0.39 is 11.4 Å². The van der Waals surface area contributed by atoms with Crippen LogP contribution in [0.1, 0.15) is 24.6 Å². The predicted molar refractivity (Wildman–Crippen MR) is 138 cm³/mol. The van der Waals surface area contributed by atoms with Gasteiger partial charge in [-0.2, -0.15) is 0 Å². The smallest absolute Gasteiger partial charge is 0.231 e. The summed E-state index contributed by atoms with van der Waals surface area (Å²) in [6.45, 7) is 3.53. The van der Waals surface area contributed by atoms with Crippen LogP contribution in [0.25, 0.3) is 22.5 Å². The van der Waals surface area contributed by atoms with Gasteiger partial charge in [-0.3, -0.25) is 9.30 Å². The Balaban J connectivity index is 1.53. The van der Waals surface area contributed by atoms with Crippen molar-refractivity contribution in [1.29, 1.82) is 0 Å². The van der Waals surface area contributed by atoms with Crippen molar-refractivity contribution in [2.24, 2.45) is 0 Å². The molecule has 7 nitrogen and oxygen atoms in total. The molecule has 0 N–H and O–H groups in total. The molecule has 0 radical (unpaired) electrons. The van der Waals surface area contributed by atoms with Gasteiger partial charge in [-0.1, -0.05) is 13.0 Å². The Morgan fingerprint density at radius 2 is 1.86 bits per heavy atom. The second kappa shape index (κ2) is 9.77. The quantitative estimate of drug-likeness (QED) is 0.367. The molecule has 35 heavy (non-hydrogen) atoms. The summed E-state index contributed by atoms with van der Waals surface area (Å²) in [6, 6.07) is 12.2. The SMILES string of the molecule is CCc1nc2ccc(C3=CCN([S+](C)[O-])CC3)cn2c1N(C)c1nccc(-c2ccc(F)cc2)n1. The minimum atomic E-state index is -0.957. The molecule has 1 aliphatic heterocycles. The largest absolute Gasteiger partial charge is 0.598 e. The van der Waals surface area contributed by atoms with Gasteiger partial charge in [0.2, 0.25) is 5.95 Å². The Bertz CT molecular complexity index is 1380. The minimum absolute atomic E-state index is 0.280. The average molecular weight is 491 g/mol. The third kappa shape index (κ3) is 4.67. The molecule has 9 heteroatoms. The molecule has 0 aliphatic carbocycles. The monoisotopic (exact) mass is 490 g/mol. The lowest BCUT2D eigenvalue weighted by Crippen LogP contribution is -2.33. The van der Waals surface area contributed by atoms with E-state index in [9.17, 15) is 8.94 Å². The highest BCUT2D eigenvalue weighted by molar-refractivity contribution is 7.88. The van der Waals surface area contributed by atoms with Crippen molar-refractivity contribution in [3.8, 4) is 11.3 Å². The topological polar surface area (TPSA) is 72.6 Å². The van der Waals surface area contributed by atoms with E-state index in [0.29, 0.717) is 12.5 Å². The van der Waals surface area contributed by atoms with E-state index in [1.54, 1.807) is 24.6 Å². The molecule has 0 saturated carbocycles. The zero-order valence-corrected chi connectivity index (χ0v) is 20.8. The van der Waals surface area contributed by atoms with Crippen LogP contribution in [0.15, 0.2) is 60.9 Å². The number of hydrogen-bond donors (Lipinski definition) is 0. The second-order valence-electron chi connectivity index (χ2n) is 8.48. The molecule has 1 aliphatic rings. The number of benzene rings is 1. The summed E-state index contributed by atoms with van der Waals surface area (Å²) >= 11 is -0.957. The predicted octanol–water partition coefficient (Wildman–Crippen LogP) is 4.64. The van der Waals surface area contributed by atoms with E-state index >= 15 is 0 Å². The first-order valence-corrected chi connectivity index (χ1v) is 13.1. The average Bonchev–Trinajstić information content (AvgIpc) is 3.26. The first kappa shape index (κ1) is 23.5. The highest BCUT2D eigenvalue weighted by Gasteiger charge is 2.22. The van der Waals surface area contributed by atoms with Gasteiger partial charge >= 0.3 is 0 Å². The molecule has 0 bridgehead atoms. The number of anilines is 2. The fourth-order valence-electron chi connectivity index (χ4n) is 4.40. The summed E-state index contributed by atoms with van der Waals surface area (Å²) in [4.78, 5) is 16.1. The Morgan fingerprint density at radius 1 is 1.09 bits per heavy atom. The van der Waals surface area contributed by atoms with Crippen LogP contribution in [0.4, 0.5) is 16.2 Å². The molecule has 0 saturated heterocycles. The van der Waals surface area contributed by atoms with Crippen molar-refractivity contribution in [1.82, 2.24) is 23.7 Å². The van der Waals surface area contributed by atoms with Crippen LogP contribution in [0.3, 0.4) is 0 Å². The third-order valence-corrected chi connectivity index (χ3v) is 7.36. The fraction of sp³-hybridized carbons (Fsp3) is 0.269. The number of nitrogens with zero attached hydrogens (tertiary/aromatic N) is 6. The van der Waals surface area contributed by atoms with Gasteiger partial charge in [-0.05, 0) is 66.4 Å². The molecule has 1 unspecified atom stereocenters. The van der Waals surface area contributed by atoms with Crippen LogP contribution in [-0.4, -0.2) is 54.6 Å². The molecular weight excluding hydrogens is 463 g/mol. The second-order valence-corrected chi connectivity index (χ2v) is 9.84. The van der Waals surface area contributed by atoms with E-state index in [0.717, 1.165) is 53.4 Å². The molecular formula is C26H27FN6OS. The van der Waals surface area contributed by atoms with Crippen molar-refractivity contribution >= 4 is 34.3 Å². The molecule has 4 aromatic rings. The Kier molecular flexibility index (Phi) is 6.55. The number of hydrogen-bond acceptors (Lipinski definition) is 6. The summed E-state index contributed by atoms with van der Waals surface area (Å²) in [5.41, 5.74) is 5.71. The van der Waals surface area contributed by atoms with Gasteiger partial charge in [-0.15, -0.1) is 4.31 Å². The summed E-state index contributed by atoms with van der Waals surface area (Å²) in [5, 5.41) is 0. The normalized spacial score (nSPS) is 15.3. The van der Waals surface area contributed by atoms with Gasteiger partial charge in [0.05, 0.1) is 17.9 Å². The lowest BCUT2D eigenvalue weighted by atomic mass is 10.0. The lowest BCUT2D eigenvalue weighted by Gasteiger charge is -2.25. The molecule has 0 amide bonds. The Morgan fingerprint density at radius 3 is 2.54 bits per heavy atom. The van der Waals surface area contributed by atoms with Crippen molar-refractivity contribution < 1.29 is 8.94 Å². The fourth-order valence-corrected chi connectivity index (χ4v) is 5.03. The molecule has 0 fully saturated rings. The lowest BCUT2D eigenvalue weighted by molar-refractivity contribution is 0.445. The van der Waals surface area contributed by atoms with E-state index in [1.165, 1.54) is 17.7 Å². The molecule has 0 spiro atoms.